The fraction of sp³-hybridized carbons (Fsp3) is 0.238. The van der Waals surface area contributed by atoms with Gasteiger partial charge in [-0.15, -0.1) is 0 Å². The number of aromatic nitrogens is 2. The summed E-state index contributed by atoms with van der Waals surface area (Å²) in [4.78, 5) is 17.8. The molecule has 2 heterocycles. The lowest BCUT2D eigenvalue weighted by Crippen LogP contribution is -2.27. The molecule has 0 bridgehead atoms. The van der Waals surface area contributed by atoms with Crippen molar-refractivity contribution in [1.29, 1.82) is 0 Å². The minimum Gasteiger partial charge on any atom is -0.502 e. The Morgan fingerprint density at radius 1 is 1.18 bits per heavy atom. The van der Waals surface area contributed by atoms with Gasteiger partial charge >= 0.3 is 0 Å². The Hall–Kier alpha value is -2.55. The Morgan fingerprint density at radius 3 is 2.57 bits per heavy atom. The molecule has 0 amide bonds. The number of allylic oxidation sites excluding steroid dienone is 1. The average Bonchev–Trinajstić information content (AvgIpc) is 2.70. The second-order valence-corrected chi connectivity index (χ2v) is 7.85. The van der Waals surface area contributed by atoms with E-state index in [4.69, 9.17) is 14.5 Å². The first kappa shape index (κ1) is 18.8. The third kappa shape index (κ3) is 3.23. The van der Waals surface area contributed by atoms with Gasteiger partial charge in [-0.1, -0.05) is 0 Å². The third-order valence-electron chi connectivity index (χ3n) is 4.87. The zero-order valence-corrected chi connectivity index (χ0v) is 17.7. The van der Waals surface area contributed by atoms with E-state index in [-0.39, 0.29) is 11.3 Å². The number of nitrogens with zero attached hydrogens (tertiary/aromatic N) is 2. The maximum atomic E-state index is 13.0. The first-order chi connectivity index (χ1) is 13.5. The van der Waals surface area contributed by atoms with E-state index in [1.54, 1.807) is 16.7 Å². The molecule has 144 valence electrons. The molecule has 0 spiro atoms. The first-order valence-corrected chi connectivity index (χ1v) is 9.95. The molecule has 0 atom stereocenters. The zero-order chi connectivity index (χ0) is 19.8. The standard InChI is InChI=1S/C21H19IN2O4/c1-27-17-9-12(10-18(28-2)19(17)25)8-13-4-3-7-24-20(13)23-16-6-5-14(22)11-15(16)21(24)26/h5-6,8-11,25H,3-4,7H2,1-2H3/b13-8+. The van der Waals surface area contributed by atoms with E-state index < -0.39 is 0 Å². The highest BCUT2D eigenvalue weighted by molar-refractivity contribution is 14.1. The van der Waals surface area contributed by atoms with Crippen molar-refractivity contribution in [3.05, 3.63) is 55.6 Å². The number of halogens is 1. The molecule has 0 saturated heterocycles. The molecule has 2 aromatic carbocycles. The number of fused-ring (bicyclic) bond motifs is 2. The molecule has 0 aliphatic carbocycles. The number of methoxy groups -OCH3 is 2. The number of rotatable bonds is 3. The number of hydrogen-bond donors (Lipinski definition) is 1. The Morgan fingerprint density at radius 2 is 1.89 bits per heavy atom. The highest BCUT2D eigenvalue weighted by Gasteiger charge is 2.20. The summed E-state index contributed by atoms with van der Waals surface area (Å²) in [5, 5.41) is 10.8. The van der Waals surface area contributed by atoms with Crippen LogP contribution in [0.25, 0.3) is 22.6 Å². The molecule has 1 N–H and O–H groups in total. The second kappa shape index (κ2) is 7.46. The molecule has 6 nitrogen and oxygen atoms in total. The molecule has 1 aliphatic heterocycles. The van der Waals surface area contributed by atoms with Crippen molar-refractivity contribution in [2.24, 2.45) is 0 Å². The molecule has 0 unspecified atom stereocenters. The Labute approximate surface area is 175 Å². The number of benzene rings is 2. The van der Waals surface area contributed by atoms with E-state index in [9.17, 15) is 9.90 Å². The molecule has 1 aromatic heterocycles. The SMILES string of the molecule is COc1cc(/C=C2\CCCn3c2nc2ccc(I)cc2c3=O)cc(OC)c1O. The highest BCUT2D eigenvalue weighted by atomic mass is 127. The van der Waals surface area contributed by atoms with Crippen LogP contribution in [-0.2, 0) is 6.54 Å². The summed E-state index contributed by atoms with van der Waals surface area (Å²) in [6.07, 6.45) is 3.65. The Bertz CT molecular complexity index is 1140. The Balaban J connectivity index is 1.90. The van der Waals surface area contributed by atoms with Crippen molar-refractivity contribution in [3.63, 3.8) is 0 Å². The molecule has 3 aromatic rings. The van der Waals surface area contributed by atoms with Gasteiger partial charge in [0.1, 0.15) is 5.82 Å². The smallest absolute Gasteiger partial charge is 0.261 e. The van der Waals surface area contributed by atoms with E-state index in [0.29, 0.717) is 34.8 Å². The summed E-state index contributed by atoms with van der Waals surface area (Å²) in [6, 6.07) is 9.20. The minimum absolute atomic E-state index is 0.00927. The van der Waals surface area contributed by atoms with Gasteiger partial charge in [-0.25, -0.2) is 4.98 Å². The first-order valence-electron chi connectivity index (χ1n) is 8.88. The fourth-order valence-corrected chi connectivity index (χ4v) is 4.01. The second-order valence-electron chi connectivity index (χ2n) is 6.60. The summed E-state index contributed by atoms with van der Waals surface area (Å²) < 4.78 is 13.3. The average molecular weight is 490 g/mol. The summed E-state index contributed by atoms with van der Waals surface area (Å²) in [7, 11) is 2.99. The minimum atomic E-state index is -0.0360. The van der Waals surface area contributed by atoms with E-state index in [1.165, 1.54) is 14.2 Å². The van der Waals surface area contributed by atoms with Gasteiger partial charge in [0.05, 0.1) is 25.1 Å². The van der Waals surface area contributed by atoms with Gasteiger partial charge in [0.2, 0.25) is 5.75 Å². The fourth-order valence-electron chi connectivity index (χ4n) is 3.52. The largest absolute Gasteiger partial charge is 0.502 e. The van der Waals surface area contributed by atoms with Crippen molar-refractivity contribution in [2.75, 3.05) is 14.2 Å². The number of aromatic hydroxyl groups is 1. The van der Waals surface area contributed by atoms with Crippen molar-refractivity contribution in [1.82, 2.24) is 9.55 Å². The Kier molecular flexibility index (Phi) is 5.01. The van der Waals surface area contributed by atoms with Crippen LogP contribution in [0, 0.1) is 3.57 Å². The number of ether oxygens (including phenoxy) is 2. The maximum Gasteiger partial charge on any atom is 0.261 e. The molecule has 0 saturated carbocycles. The van der Waals surface area contributed by atoms with Crippen LogP contribution in [0.4, 0.5) is 0 Å². The normalized spacial score (nSPS) is 14.9. The van der Waals surface area contributed by atoms with Crippen molar-refractivity contribution >= 4 is 45.1 Å². The molecule has 1 aliphatic rings. The van der Waals surface area contributed by atoms with E-state index >= 15 is 0 Å². The van der Waals surface area contributed by atoms with Gasteiger partial charge in [0.25, 0.3) is 5.56 Å². The van der Waals surface area contributed by atoms with Crippen molar-refractivity contribution in [2.45, 2.75) is 19.4 Å². The monoisotopic (exact) mass is 490 g/mol. The molecule has 0 fully saturated rings. The van der Waals surface area contributed by atoms with Crippen LogP contribution < -0.4 is 15.0 Å². The van der Waals surface area contributed by atoms with E-state index in [2.05, 4.69) is 22.6 Å². The highest BCUT2D eigenvalue weighted by Crippen LogP contribution is 2.38. The molecular formula is C21H19IN2O4. The van der Waals surface area contributed by atoms with Crippen molar-refractivity contribution in [3.8, 4) is 17.2 Å². The zero-order valence-electron chi connectivity index (χ0n) is 15.5. The summed E-state index contributed by atoms with van der Waals surface area (Å²) in [5.74, 6) is 1.32. The van der Waals surface area contributed by atoms with Gasteiger partial charge in [0, 0.05) is 10.1 Å². The molecule has 0 radical (unpaired) electrons. The van der Waals surface area contributed by atoms with E-state index in [1.807, 2.05) is 24.3 Å². The topological polar surface area (TPSA) is 73.6 Å². The van der Waals surface area contributed by atoms with Crippen LogP contribution in [-0.4, -0.2) is 28.9 Å². The number of phenolic OH excluding ortho intramolecular Hbond substituents is 1. The summed E-state index contributed by atoms with van der Waals surface area (Å²) >= 11 is 2.20. The lowest BCUT2D eigenvalue weighted by Gasteiger charge is -2.21. The maximum absolute atomic E-state index is 13.0. The predicted molar refractivity (Wildman–Crippen MR) is 117 cm³/mol. The van der Waals surface area contributed by atoms with E-state index in [0.717, 1.165) is 27.5 Å². The van der Waals surface area contributed by atoms with Crippen molar-refractivity contribution < 1.29 is 14.6 Å². The van der Waals surface area contributed by atoms with Gasteiger partial charge in [-0.2, -0.15) is 0 Å². The van der Waals surface area contributed by atoms with Gasteiger partial charge in [-0.3, -0.25) is 9.36 Å². The number of phenols is 1. The van der Waals surface area contributed by atoms with Crippen LogP contribution in [0.2, 0.25) is 0 Å². The van der Waals surface area contributed by atoms with Crippen LogP contribution in [0.15, 0.2) is 35.1 Å². The van der Waals surface area contributed by atoms with Crippen LogP contribution >= 0.6 is 22.6 Å². The quantitative estimate of drug-likeness (QED) is 0.561. The van der Waals surface area contributed by atoms with Gasteiger partial charge in [0.15, 0.2) is 11.5 Å². The van der Waals surface area contributed by atoms with Crippen LogP contribution in [0.3, 0.4) is 0 Å². The van der Waals surface area contributed by atoms with Crippen LogP contribution in [0.1, 0.15) is 24.2 Å². The molecule has 28 heavy (non-hydrogen) atoms. The van der Waals surface area contributed by atoms with Crippen LogP contribution in [0.5, 0.6) is 17.2 Å². The lowest BCUT2D eigenvalue weighted by atomic mass is 10.0. The third-order valence-corrected chi connectivity index (χ3v) is 5.55. The summed E-state index contributed by atoms with van der Waals surface area (Å²) in [5.41, 5.74) is 2.47. The lowest BCUT2D eigenvalue weighted by molar-refractivity contribution is 0.340. The summed E-state index contributed by atoms with van der Waals surface area (Å²) in [6.45, 7) is 0.655. The molecule has 7 heteroatoms. The number of hydrogen-bond acceptors (Lipinski definition) is 5. The predicted octanol–water partition coefficient (Wildman–Crippen LogP) is 4.06. The molecule has 4 rings (SSSR count). The molecular weight excluding hydrogens is 471 g/mol. The van der Waals surface area contributed by atoms with Gasteiger partial charge in [-0.05, 0) is 83.0 Å². The van der Waals surface area contributed by atoms with Gasteiger partial charge < -0.3 is 14.6 Å².